The van der Waals surface area contributed by atoms with Gasteiger partial charge in [0.2, 0.25) is 0 Å². The maximum Gasteiger partial charge on any atom is 0.302 e. The summed E-state index contributed by atoms with van der Waals surface area (Å²) in [4.78, 5) is 11.1. The van der Waals surface area contributed by atoms with Crippen molar-refractivity contribution < 1.29 is 14.3 Å². The van der Waals surface area contributed by atoms with Crippen LogP contribution in [0.5, 0.6) is 0 Å². The van der Waals surface area contributed by atoms with Gasteiger partial charge in [-0.2, -0.15) is 0 Å². The minimum absolute atomic E-state index is 0.00577. The van der Waals surface area contributed by atoms with Gasteiger partial charge >= 0.3 is 5.97 Å². The molecule has 2 aliphatic carbocycles. The molecule has 3 rings (SSSR count). The number of epoxide rings is 1. The standard InChI is InChI=1S/C18H30O3/c1-13(19)20-12-11-18-16(4)9-6-8-15(2,3)14(16)7-10-17(18,5)21-18/h14H,6-12H2,1-5H3/t14-,16-,17-,18+/m0/s1. The van der Waals surface area contributed by atoms with E-state index in [9.17, 15) is 4.79 Å². The number of hydrogen-bond acceptors (Lipinski definition) is 3. The first-order valence-corrected chi connectivity index (χ1v) is 8.50. The van der Waals surface area contributed by atoms with Crippen LogP contribution in [-0.2, 0) is 14.3 Å². The lowest BCUT2D eigenvalue weighted by Crippen LogP contribution is -2.56. The summed E-state index contributed by atoms with van der Waals surface area (Å²) < 4.78 is 11.6. The fourth-order valence-corrected chi connectivity index (χ4v) is 6.01. The molecular weight excluding hydrogens is 264 g/mol. The van der Waals surface area contributed by atoms with Crippen molar-refractivity contribution in [3.63, 3.8) is 0 Å². The second-order valence-electron chi connectivity index (χ2n) is 8.60. The van der Waals surface area contributed by atoms with Crippen LogP contribution in [0.15, 0.2) is 0 Å². The van der Waals surface area contributed by atoms with Crippen LogP contribution < -0.4 is 0 Å². The van der Waals surface area contributed by atoms with Gasteiger partial charge in [-0.15, -0.1) is 0 Å². The van der Waals surface area contributed by atoms with Crippen molar-refractivity contribution in [2.24, 2.45) is 16.7 Å². The summed E-state index contributed by atoms with van der Waals surface area (Å²) in [5.74, 6) is 0.530. The lowest BCUT2D eigenvalue weighted by atomic mass is 9.46. The van der Waals surface area contributed by atoms with Crippen molar-refractivity contribution in [2.75, 3.05) is 6.61 Å². The fourth-order valence-electron chi connectivity index (χ4n) is 6.01. The summed E-state index contributed by atoms with van der Waals surface area (Å²) in [6.45, 7) is 11.5. The van der Waals surface area contributed by atoms with E-state index in [0.29, 0.717) is 17.9 Å². The minimum atomic E-state index is -0.185. The Bertz CT molecular complexity index is 457. The summed E-state index contributed by atoms with van der Waals surface area (Å²) in [7, 11) is 0. The van der Waals surface area contributed by atoms with Crippen molar-refractivity contribution in [1.82, 2.24) is 0 Å². The molecule has 0 N–H and O–H groups in total. The summed E-state index contributed by atoms with van der Waals surface area (Å²) in [6, 6.07) is 0. The van der Waals surface area contributed by atoms with Gasteiger partial charge in [-0.1, -0.05) is 27.2 Å². The Kier molecular flexibility index (Phi) is 3.26. The van der Waals surface area contributed by atoms with E-state index in [2.05, 4.69) is 27.7 Å². The average Bonchev–Trinajstić information content (AvgIpc) is 2.95. The fraction of sp³-hybridized carbons (Fsp3) is 0.944. The predicted octanol–water partition coefficient (Wildman–Crippen LogP) is 4.09. The van der Waals surface area contributed by atoms with Gasteiger partial charge in [0, 0.05) is 18.8 Å². The highest BCUT2D eigenvalue weighted by molar-refractivity contribution is 5.65. The van der Waals surface area contributed by atoms with Crippen molar-refractivity contribution >= 4 is 5.97 Å². The zero-order chi connectivity index (χ0) is 15.5. The third kappa shape index (κ3) is 1.99. The number of ether oxygens (including phenoxy) is 2. The second-order valence-corrected chi connectivity index (χ2v) is 8.60. The van der Waals surface area contributed by atoms with E-state index in [0.717, 1.165) is 12.8 Å². The van der Waals surface area contributed by atoms with Crippen molar-refractivity contribution in [3.8, 4) is 0 Å². The molecule has 120 valence electrons. The van der Waals surface area contributed by atoms with Crippen molar-refractivity contribution in [3.05, 3.63) is 0 Å². The van der Waals surface area contributed by atoms with E-state index in [-0.39, 0.29) is 22.6 Å². The Labute approximate surface area is 128 Å². The van der Waals surface area contributed by atoms with Crippen LogP contribution in [0.1, 0.15) is 73.1 Å². The lowest BCUT2D eigenvalue weighted by molar-refractivity contribution is -0.142. The maximum atomic E-state index is 11.1. The monoisotopic (exact) mass is 294 g/mol. The predicted molar refractivity (Wildman–Crippen MR) is 81.9 cm³/mol. The topological polar surface area (TPSA) is 38.8 Å². The first-order valence-electron chi connectivity index (χ1n) is 8.50. The van der Waals surface area contributed by atoms with Gasteiger partial charge < -0.3 is 9.47 Å². The molecule has 1 aliphatic heterocycles. The number of fused-ring (bicyclic) bond motifs is 3. The zero-order valence-electron chi connectivity index (χ0n) is 14.3. The highest BCUT2D eigenvalue weighted by Crippen LogP contribution is 2.74. The van der Waals surface area contributed by atoms with Crippen molar-refractivity contribution in [1.29, 1.82) is 0 Å². The SMILES string of the molecule is CC(=O)OCC[C@]12O[C@@]1(C)CC[C@H]1C(C)(C)CCC[C@@]12C. The molecule has 2 saturated carbocycles. The van der Waals surface area contributed by atoms with E-state index < -0.39 is 0 Å². The summed E-state index contributed by atoms with van der Waals surface area (Å²) >= 11 is 0. The summed E-state index contributed by atoms with van der Waals surface area (Å²) in [6.07, 6.45) is 7.13. The van der Waals surface area contributed by atoms with Crippen LogP contribution in [-0.4, -0.2) is 23.8 Å². The third-order valence-electron chi connectivity index (χ3n) is 7.03. The van der Waals surface area contributed by atoms with Gasteiger partial charge in [0.1, 0.15) is 5.60 Å². The third-order valence-corrected chi connectivity index (χ3v) is 7.03. The maximum absolute atomic E-state index is 11.1. The highest BCUT2D eigenvalue weighted by atomic mass is 16.6. The molecule has 21 heavy (non-hydrogen) atoms. The van der Waals surface area contributed by atoms with Gasteiger partial charge in [0.05, 0.1) is 12.2 Å². The van der Waals surface area contributed by atoms with E-state index in [1.54, 1.807) is 0 Å². The molecule has 0 amide bonds. The number of hydrogen-bond donors (Lipinski definition) is 0. The molecule has 1 heterocycles. The lowest BCUT2D eigenvalue weighted by Gasteiger charge is -2.56. The first kappa shape index (κ1) is 15.3. The van der Waals surface area contributed by atoms with E-state index in [4.69, 9.17) is 9.47 Å². The summed E-state index contributed by atoms with van der Waals surface area (Å²) in [5, 5.41) is 0. The molecule has 3 nitrogen and oxygen atoms in total. The normalized spacial score (nSPS) is 47.2. The molecule has 0 aromatic rings. The van der Waals surface area contributed by atoms with Crippen LogP contribution in [0.25, 0.3) is 0 Å². The number of esters is 1. The van der Waals surface area contributed by atoms with Gasteiger partial charge in [0.25, 0.3) is 0 Å². The van der Waals surface area contributed by atoms with Crippen LogP contribution in [0.4, 0.5) is 0 Å². The van der Waals surface area contributed by atoms with Crippen LogP contribution in [0.3, 0.4) is 0 Å². The molecule has 0 unspecified atom stereocenters. The Morgan fingerprint density at radius 1 is 1.19 bits per heavy atom. The molecule has 4 atom stereocenters. The summed E-state index contributed by atoms with van der Waals surface area (Å²) in [5.41, 5.74) is 0.554. The van der Waals surface area contributed by atoms with Crippen LogP contribution in [0.2, 0.25) is 0 Å². The molecule has 3 fully saturated rings. The Morgan fingerprint density at radius 3 is 2.57 bits per heavy atom. The van der Waals surface area contributed by atoms with E-state index in [1.165, 1.54) is 32.6 Å². The molecule has 0 aromatic carbocycles. The number of carbonyl (C=O) groups excluding carboxylic acids is 1. The zero-order valence-corrected chi connectivity index (χ0v) is 14.3. The minimum Gasteiger partial charge on any atom is -0.466 e. The van der Waals surface area contributed by atoms with Gasteiger partial charge in [0.15, 0.2) is 0 Å². The molecule has 3 aliphatic rings. The Morgan fingerprint density at radius 2 is 1.90 bits per heavy atom. The smallest absolute Gasteiger partial charge is 0.302 e. The van der Waals surface area contributed by atoms with Crippen molar-refractivity contribution in [2.45, 2.75) is 84.3 Å². The highest BCUT2D eigenvalue weighted by Gasteiger charge is 2.78. The van der Waals surface area contributed by atoms with Gasteiger partial charge in [-0.3, -0.25) is 4.79 Å². The number of carbonyl (C=O) groups is 1. The molecule has 0 aromatic heterocycles. The van der Waals surface area contributed by atoms with E-state index in [1.807, 2.05) is 0 Å². The Balaban J connectivity index is 1.86. The average molecular weight is 294 g/mol. The molecule has 3 heteroatoms. The van der Waals surface area contributed by atoms with Crippen LogP contribution >= 0.6 is 0 Å². The van der Waals surface area contributed by atoms with Crippen LogP contribution in [0, 0.1) is 16.7 Å². The van der Waals surface area contributed by atoms with Gasteiger partial charge in [-0.05, 0) is 43.9 Å². The molecule has 1 saturated heterocycles. The molecular formula is C18H30O3. The first-order chi connectivity index (χ1) is 9.67. The Hall–Kier alpha value is -0.570. The molecule has 0 bridgehead atoms. The second kappa shape index (κ2) is 4.47. The number of rotatable bonds is 3. The van der Waals surface area contributed by atoms with E-state index >= 15 is 0 Å². The van der Waals surface area contributed by atoms with Gasteiger partial charge in [-0.25, -0.2) is 0 Å². The molecule has 0 spiro atoms. The largest absolute Gasteiger partial charge is 0.466 e. The quantitative estimate of drug-likeness (QED) is 0.581. The molecule has 0 radical (unpaired) electrons.